The van der Waals surface area contributed by atoms with Gasteiger partial charge in [0.15, 0.2) is 0 Å². The molecule has 4 nitrogen and oxygen atoms in total. The van der Waals surface area contributed by atoms with Crippen LogP contribution in [0.25, 0.3) is 9.88 Å². The molecule has 4 rings (SSSR count). The van der Waals surface area contributed by atoms with Gasteiger partial charge in [0.2, 0.25) is 0 Å². The zero-order valence-corrected chi connectivity index (χ0v) is 13.0. The van der Waals surface area contributed by atoms with Gasteiger partial charge in [-0.25, -0.2) is 4.98 Å². The van der Waals surface area contributed by atoms with E-state index in [4.69, 9.17) is 0 Å². The number of rotatable bonds is 3. The number of hydrogen-bond donors (Lipinski definition) is 0. The number of benzene rings is 1. The Hall–Kier alpha value is -2.31. The molecule has 0 bridgehead atoms. The molecule has 3 aromatic rings. The quantitative estimate of drug-likeness (QED) is 0.690. The molecule has 0 atom stereocenters. The Morgan fingerprint density at radius 2 is 1.68 bits per heavy atom. The molecule has 0 N–H and O–H groups in total. The first kappa shape index (κ1) is 13.4. The lowest BCUT2D eigenvalue weighted by molar-refractivity contribution is 0.0640. The second-order valence-electron chi connectivity index (χ2n) is 4.86. The summed E-state index contributed by atoms with van der Waals surface area (Å²) in [5.74, 6) is -0.488. The Morgan fingerprint density at radius 3 is 2.32 bits per heavy atom. The van der Waals surface area contributed by atoms with Crippen molar-refractivity contribution in [1.29, 1.82) is 0 Å². The van der Waals surface area contributed by atoms with Crippen LogP contribution in [0.5, 0.6) is 0 Å². The molecule has 108 valence electrons. The van der Waals surface area contributed by atoms with Gasteiger partial charge in [-0.15, -0.1) is 22.7 Å². The fraction of sp³-hybridized carbons (Fsp3) is 0.0625. The van der Waals surface area contributed by atoms with Gasteiger partial charge in [-0.3, -0.25) is 14.5 Å². The summed E-state index contributed by atoms with van der Waals surface area (Å²) < 4.78 is 0. The van der Waals surface area contributed by atoms with Crippen molar-refractivity contribution in [2.24, 2.45) is 0 Å². The van der Waals surface area contributed by atoms with E-state index in [2.05, 4.69) is 4.98 Å². The highest BCUT2D eigenvalue weighted by Crippen LogP contribution is 2.29. The smallest absolute Gasteiger partial charge is 0.261 e. The molecule has 0 spiro atoms. The van der Waals surface area contributed by atoms with Gasteiger partial charge in [-0.2, -0.15) is 0 Å². The van der Waals surface area contributed by atoms with Crippen LogP contribution in [-0.2, 0) is 6.54 Å². The maximum Gasteiger partial charge on any atom is 0.261 e. The highest BCUT2D eigenvalue weighted by molar-refractivity contribution is 7.20. The minimum atomic E-state index is -0.244. The van der Waals surface area contributed by atoms with Crippen LogP contribution in [0.2, 0.25) is 0 Å². The summed E-state index contributed by atoms with van der Waals surface area (Å²) in [4.78, 5) is 31.5. The SMILES string of the molecule is O=C1c2ccccc2C(=O)N1Cc1csc(-c2cccs2)n1. The summed E-state index contributed by atoms with van der Waals surface area (Å²) in [5.41, 5.74) is 1.69. The van der Waals surface area contributed by atoms with E-state index < -0.39 is 0 Å². The average Bonchev–Trinajstić information content (AvgIpc) is 3.25. The molecule has 2 amide bonds. The molecule has 22 heavy (non-hydrogen) atoms. The number of aromatic nitrogens is 1. The van der Waals surface area contributed by atoms with E-state index in [1.165, 1.54) is 16.2 Å². The van der Waals surface area contributed by atoms with Gasteiger partial charge >= 0.3 is 0 Å². The third-order valence-corrected chi connectivity index (χ3v) is 5.41. The zero-order valence-electron chi connectivity index (χ0n) is 11.4. The summed E-state index contributed by atoms with van der Waals surface area (Å²) in [6.45, 7) is 0.216. The normalized spacial score (nSPS) is 13.7. The fourth-order valence-electron chi connectivity index (χ4n) is 2.44. The molecule has 3 heterocycles. The Kier molecular flexibility index (Phi) is 3.13. The maximum atomic E-state index is 12.3. The van der Waals surface area contributed by atoms with Gasteiger partial charge in [0.1, 0.15) is 5.01 Å². The highest BCUT2D eigenvalue weighted by Gasteiger charge is 2.35. The Labute approximate surface area is 134 Å². The van der Waals surface area contributed by atoms with E-state index >= 15 is 0 Å². The largest absolute Gasteiger partial charge is 0.269 e. The molecule has 0 saturated carbocycles. The monoisotopic (exact) mass is 326 g/mol. The van der Waals surface area contributed by atoms with E-state index in [0.717, 1.165) is 15.6 Å². The van der Waals surface area contributed by atoms with Crippen LogP contribution < -0.4 is 0 Å². The molecule has 0 unspecified atom stereocenters. The molecule has 0 aliphatic carbocycles. The fourth-order valence-corrected chi connectivity index (χ4v) is 4.06. The number of carbonyl (C=O) groups is 2. The molecule has 6 heteroatoms. The highest BCUT2D eigenvalue weighted by atomic mass is 32.1. The second-order valence-corrected chi connectivity index (χ2v) is 6.67. The van der Waals surface area contributed by atoms with E-state index in [0.29, 0.717) is 11.1 Å². The summed E-state index contributed by atoms with van der Waals surface area (Å²) in [5, 5.41) is 4.82. The molecule has 1 aromatic carbocycles. The van der Waals surface area contributed by atoms with Crippen LogP contribution in [0, 0.1) is 0 Å². The van der Waals surface area contributed by atoms with Crippen LogP contribution in [0.3, 0.4) is 0 Å². The number of nitrogens with zero attached hydrogens (tertiary/aromatic N) is 2. The lowest BCUT2D eigenvalue weighted by atomic mass is 10.1. The summed E-state index contributed by atoms with van der Waals surface area (Å²) in [6.07, 6.45) is 0. The number of thiazole rings is 1. The number of imide groups is 1. The van der Waals surface area contributed by atoms with Crippen molar-refractivity contribution in [3.8, 4) is 9.88 Å². The standard InChI is InChI=1S/C16H10N2O2S2/c19-15-11-4-1-2-5-12(11)16(20)18(15)8-10-9-22-14(17-10)13-6-3-7-21-13/h1-7,9H,8H2. The van der Waals surface area contributed by atoms with E-state index in [-0.39, 0.29) is 18.4 Å². The third kappa shape index (κ3) is 2.08. The summed E-state index contributed by atoms with van der Waals surface area (Å²) in [7, 11) is 0. The number of hydrogen-bond acceptors (Lipinski definition) is 5. The van der Waals surface area contributed by atoms with Crippen molar-refractivity contribution < 1.29 is 9.59 Å². The van der Waals surface area contributed by atoms with Crippen molar-refractivity contribution in [3.05, 3.63) is 64.0 Å². The predicted molar refractivity (Wildman–Crippen MR) is 86.1 cm³/mol. The third-order valence-electron chi connectivity index (χ3n) is 3.48. The molecule has 1 aliphatic heterocycles. The second kappa shape index (κ2) is 5.15. The van der Waals surface area contributed by atoms with E-state index in [1.54, 1.807) is 35.6 Å². The predicted octanol–water partition coefficient (Wildman–Crippen LogP) is 3.67. The van der Waals surface area contributed by atoms with E-state index in [9.17, 15) is 9.59 Å². The van der Waals surface area contributed by atoms with Crippen LogP contribution in [-0.4, -0.2) is 21.7 Å². The van der Waals surface area contributed by atoms with Crippen LogP contribution >= 0.6 is 22.7 Å². The van der Waals surface area contributed by atoms with Crippen LogP contribution in [0.4, 0.5) is 0 Å². The molecule has 2 aromatic heterocycles. The molecule has 0 radical (unpaired) electrons. The zero-order chi connectivity index (χ0) is 15.1. The van der Waals surface area contributed by atoms with Crippen molar-refractivity contribution in [1.82, 2.24) is 9.88 Å². The molecule has 0 fully saturated rings. The van der Waals surface area contributed by atoms with Gasteiger partial charge in [0, 0.05) is 5.38 Å². The molecule has 0 saturated heterocycles. The van der Waals surface area contributed by atoms with Gasteiger partial charge in [0.05, 0.1) is 28.2 Å². The number of thiophene rings is 1. The van der Waals surface area contributed by atoms with Gasteiger partial charge in [0.25, 0.3) is 11.8 Å². The topological polar surface area (TPSA) is 50.3 Å². The number of fused-ring (bicyclic) bond motifs is 1. The van der Waals surface area contributed by atoms with Crippen molar-refractivity contribution in [2.45, 2.75) is 6.54 Å². The van der Waals surface area contributed by atoms with Crippen molar-refractivity contribution in [2.75, 3.05) is 0 Å². The Bertz CT molecular complexity index is 833. The first-order valence-electron chi connectivity index (χ1n) is 6.67. The summed E-state index contributed by atoms with van der Waals surface area (Å²) >= 11 is 3.15. The summed E-state index contributed by atoms with van der Waals surface area (Å²) in [6, 6.07) is 10.9. The van der Waals surface area contributed by atoms with Gasteiger partial charge in [-0.1, -0.05) is 18.2 Å². The first-order valence-corrected chi connectivity index (χ1v) is 8.43. The molecular weight excluding hydrogens is 316 g/mol. The number of amides is 2. The average molecular weight is 326 g/mol. The van der Waals surface area contributed by atoms with Gasteiger partial charge in [-0.05, 0) is 23.6 Å². The molecule has 1 aliphatic rings. The minimum absolute atomic E-state index is 0.216. The lowest BCUT2D eigenvalue weighted by Crippen LogP contribution is -2.29. The Morgan fingerprint density at radius 1 is 0.955 bits per heavy atom. The van der Waals surface area contributed by atoms with Crippen LogP contribution in [0.1, 0.15) is 26.4 Å². The first-order chi connectivity index (χ1) is 10.7. The minimum Gasteiger partial charge on any atom is -0.269 e. The van der Waals surface area contributed by atoms with Gasteiger partial charge < -0.3 is 0 Å². The van der Waals surface area contributed by atoms with Crippen LogP contribution in [0.15, 0.2) is 47.2 Å². The lowest BCUT2D eigenvalue weighted by Gasteiger charge is -2.11. The number of carbonyl (C=O) groups excluding carboxylic acids is 2. The van der Waals surface area contributed by atoms with Crippen molar-refractivity contribution >= 4 is 34.5 Å². The maximum absolute atomic E-state index is 12.3. The van der Waals surface area contributed by atoms with Crippen molar-refractivity contribution in [3.63, 3.8) is 0 Å². The Balaban J connectivity index is 1.60. The van der Waals surface area contributed by atoms with E-state index in [1.807, 2.05) is 22.9 Å². The molecular formula is C16H10N2O2S2.